The van der Waals surface area contributed by atoms with E-state index in [1.165, 1.54) is 4.90 Å². The number of nitrogens with one attached hydrogen (secondary N) is 1. The van der Waals surface area contributed by atoms with Crippen LogP contribution in [-0.4, -0.2) is 79.4 Å². The van der Waals surface area contributed by atoms with E-state index in [9.17, 15) is 9.59 Å². The highest BCUT2D eigenvalue weighted by molar-refractivity contribution is 5.79. The molecule has 18 heavy (non-hydrogen) atoms. The third kappa shape index (κ3) is 3.11. The van der Waals surface area contributed by atoms with E-state index in [2.05, 4.69) is 10.2 Å². The molecule has 1 unspecified atom stereocenters. The summed E-state index contributed by atoms with van der Waals surface area (Å²) in [4.78, 5) is 25.9. The van der Waals surface area contributed by atoms with Crippen molar-refractivity contribution < 1.29 is 19.4 Å². The molecule has 0 aromatic carbocycles. The number of hydrogen-bond acceptors (Lipinski definition) is 4. The molecule has 0 aliphatic carbocycles. The first-order valence-corrected chi connectivity index (χ1v) is 6.12. The first-order chi connectivity index (χ1) is 8.56. The number of ether oxygens (including phenoxy) is 1. The van der Waals surface area contributed by atoms with Gasteiger partial charge in [-0.05, 0) is 7.05 Å². The molecular formula is C11H19N3O4. The number of carbonyl (C=O) groups excluding carboxylic acids is 1. The number of carbonyl (C=O) groups is 2. The van der Waals surface area contributed by atoms with Gasteiger partial charge in [0.25, 0.3) is 0 Å². The van der Waals surface area contributed by atoms with Crippen LogP contribution in [0.2, 0.25) is 0 Å². The van der Waals surface area contributed by atoms with Crippen LogP contribution in [0.4, 0.5) is 4.79 Å². The number of morpholine rings is 1. The number of urea groups is 1. The molecule has 2 heterocycles. The summed E-state index contributed by atoms with van der Waals surface area (Å²) in [6.07, 6.45) is 0.0178. The molecule has 1 atom stereocenters. The molecule has 0 aromatic heterocycles. The number of carboxylic acid groups (broad SMARTS) is 1. The van der Waals surface area contributed by atoms with Crippen LogP contribution in [0.3, 0.4) is 0 Å². The molecule has 7 heteroatoms. The van der Waals surface area contributed by atoms with E-state index >= 15 is 0 Å². The summed E-state index contributed by atoms with van der Waals surface area (Å²) in [5, 5.41) is 11.5. The fourth-order valence-electron chi connectivity index (χ4n) is 2.10. The third-order valence-corrected chi connectivity index (χ3v) is 3.34. The number of nitrogens with zero attached hydrogens (tertiary/aromatic N) is 2. The fourth-order valence-corrected chi connectivity index (χ4v) is 2.10. The number of rotatable bonds is 3. The number of aliphatic carboxylic acids is 1. The van der Waals surface area contributed by atoms with Gasteiger partial charge < -0.3 is 25.0 Å². The summed E-state index contributed by atoms with van der Waals surface area (Å²) in [5.74, 6) is -1.25. The lowest BCUT2D eigenvalue weighted by atomic mass is 10.0. The first kappa shape index (κ1) is 13.1. The zero-order valence-corrected chi connectivity index (χ0v) is 10.5. The van der Waals surface area contributed by atoms with Gasteiger partial charge in [0.15, 0.2) is 0 Å². The Bertz CT molecular complexity index is 330. The predicted molar refractivity (Wildman–Crippen MR) is 63.3 cm³/mol. The lowest BCUT2D eigenvalue weighted by Crippen LogP contribution is -2.57. The molecule has 2 rings (SSSR count). The SMILES string of the molecule is CN1CCOC(CNC(=O)N2CC(C(=O)O)C2)C1. The van der Waals surface area contributed by atoms with E-state index in [1.54, 1.807) is 0 Å². The minimum Gasteiger partial charge on any atom is -0.481 e. The summed E-state index contributed by atoms with van der Waals surface area (Å²) in [7, 11) is 2.02. The number of hydrogen-bond donors (Lipinski definition) is 2. The van der Waals surface area contributed by atoms with Gasteiger partial charge >= 0.3 is 12.0 Å². The Kier molecular flexibility index (Phi) is 4.03. The second kappa shape index (κ2) is 5.53. The average molecular weight is 257 g/mol. The largest absolute Gasteiger partial charge is 0.481 e. The quantitative estimate of drug-likeness (QED) is 0.681. The van der Waals surface area contributed by atoms with Crippen molar-refractivity contribution in [1.29, 1.82) is 0 Å². The van der Waals surface area contributed by atoms with Crippen LogP contribution in [0.25, 0.3) is 0 Å². The molecule has 2 saturated heterocycles. The van der Waals surface area contributed by atoms with E-state index in [4.69, 9.17) is 9.84 Å². The molecule has 0 saturated carbocycles. The molecule has 0 spiro atoms. The highest BCUT2D eigenvalue weighted by atomic mass is 16.5. The maximum atomic E-state index is 11.7. The van der Waals surface area contributed by atoms with Gasteiger partial charge in [0.1, 0.15) is 0 Å². The second-order valence-corrected chi connectivity index (χ2v) is 4.88. The minimum absolute atomic E-state index is 0.0178. The van der Waals surface area contributed by atoms with Gasteiger partial charge in [0.2, 0.25) is 0 Å². The average Bonchev–Trinajstić information content (AvgIpc) is 2.24. The normalized spacial score (nSPS) is 25.6. The zero-order valence-electron chi connectivity index (χ0n) is 10.5. The van der Waals surface area contributed by atoms with Crippen molar-refractivity contribution in [3.63, 3.8) is 0 Å². The molecule has 7 nitrogen and oxygen atoms in total. The molecule has 0 bridgehead atoms. The van der Waals surface area contributed by atoms with Gasteiger partial charge in [-0.15, -0.1) is 0 Å². The molecule has 0 radical (unpaired) electrons. The standard InChI is InChI=1S/C11H19N3O4/c1-13-2-3-18-9(7-13)4-12-11(17)14-5-8(6-14)10(15)16/h8-9H,2-7H2,1H3,(H,12,17)(H,15,16). The van der Waals surface area contributed by atoms with E-state index in [1.807, 2.05) is 7.05 Å². The van der Waals surface area contributed by atoms with Gasteiger partial charge in [-0.3, -0.25) is 4.79 Å². The number of amides is 2. The zero-order chi connectivity index (χ0) is 13.1. The van der Waals surface area contributed by atoms with Crippen molar-refractivity contribution in [2.45, 2.75) is 6.10 Å². The van der Waals surface area contributed by atoms with Crippen molar-refractivity contribution in [2.24, 2.45) is 5.92 Å². The van der Waals surface area contributed by atoms with Crippen molar-refractivity contribution in [3.8, 4) is 0 Å². The summed E-state index contributed by atoms with van der Waals surface area (Å²) >= 11 is 0. The topological polar surface area (TPSA) is 82.1 Å². The van der Waals surface area contributed by atoms with Crippen LogP contribution in [0.5, 0.6) is 0 Å². The maximum Gasteiger partial charge on any atom is 0.317 e. The molecule has 2 N–H and O–H groups in total. The van der Waals surface area contributed by atoms with Crippen molar-refractivity contribution in [1.82, 2.24) is 15.1 Å². The van der Waals surface area contributed by atoms with Crippen LogP contribution in [0.15, 0.2) is 0 Å². The third-order valence-electron chi connectivity index (χ3n) is 3.34. The van der Waals surface area contributed by atoms with Crippen molar-refractivity contribution in [2.75, 3.05) is 46.4 Å². The monoisotopic (exact) mass is 257 g/mol. The lowest BCUT2D eigenvalue weighted by molar-refractivity contribution is -0.146. The molecule has 0 aromatic rings. The highest BCUT2D eigenvalue weighted by Crippen LogP contribution is 2.15. The molecule has 2 aliphatic heterocycles. The Morgan fingerprint density at radius 1 is 1.39 bits per heavy atom. The summed E-state index contributed by atoms with van der Waals surface area (Å²) in [6, 6.07) is -0.204. The lowest BCUT2D eigenvalue weighted by Gasteiger charge is -2.37. The number of likely N-dealkylation sites (N-methyl/N-ethyl adjacent to an activating group) is 1. The molecule has 102 valence electrons. The van der Waals surface area contributed by atoms with E-state index in [0.717, 1.165) is 13.1 Å². The van der Waals surface area contributed by atoms with E-state index < -0.39 is 11.9 Å². The highest BCUT2D eigenvalue weighted by Gasteiger charge is 2.35. The van der Waals surface area contributed by atoms with E-state index in [-0.39, 0.29) is 12.1 Å². The molecule has 2 fully saturated rings. The Balaban J connectivity index is 1.65. The summed E-state index contributed by atoms with van der Waals surface area (Å²) in [5.41, 5.74) is 0. The number of carboxylic acids is 1. The van der Waals surface area contributed by atoms with Crippen LogP contribution in [0.1, 0.15) is 0 Å². The summed E-state index contributed by atoms with van der Waals surface area (Å²) in [6.45, 7) is 3.47. The van der Waals surface area contributed by atoms with Crippen LogP contribution >= 0.6 is 0 Å². The molecular weight excluding hydrogens is 238 g/mol. The van der Waals surface area contributed by atoms with Crippen molar-refractivity contribution in [3.05, 3.63) is 0 Å². The second-order valence-electron chi connectivity index (χ2n) is 4.88. The van der Waals surface area contributed by atoms with Gasteiger partial charge in [0.05, 0.1) is 18.6 Å². The van der Waals surface area contributed by atoms with Gasteiger partial charge in [0, 0.05) is 32.7 Å². The molecule has 2 amide bonds. The molecule has 2 aliphatic rings. The maximum absolute atomic E-state index is 11.7. The van der Waals surface area contributed by atoms with Crippen LogP contribution in [-0.2, 0) is 9.53 Å². The first-order valence-electron chi connectivity index (χ1n) is 6.12. The van der Waals surface area contributed by atoms with Gasteiger partial charge in [-0.25, -0.2) is 4.79 Å². The Hall–Kier alpha value is -1.34. The Labute approximate surface area is 106 Å². The minimum atomic E-state index is -0.837. The smallest absolute Gasteiger partial charge is 0.317 e. The predicted octanol–water partition coefficient (Wildman–Crippen LogP) is -0.957. The fraction of sp³-hybridized carbons (Fsp3) is 0.818. The van der Waals surface area contributed by atoms with Crippen molar-refractivity contribution >= 4 is 12.0 Å². The number of likely N-dealkylation sites (tertiary alicyclic amines) is 1. The summed E-state index contributed by atoms with van der Waals surface area (Å²) < 4.78 is 5.52. The van der Waals surface area contributed by atoms with Gasteiger partial charge in [-0.1, -0.05) is 0 Å². The Morgan fingerprint density at radius 2 is 2.11 bits per heavy atom. The Morgan fingerprint density at radius 3 is 2.72 bits per heavy atom. The van der Waals surface area contributed by atoms with Gasteiger partial charge in [-0.2, -0.15) is 0 Å². The van der Waals surface area contributed by atoms with Crippen LogP contribution in [0, 0.1) is 5.92 Å². The van der Waals surface area contributed by atoms with E-state index in [0.29, 0.717) is 26.2 Å². The van der Waals surface area contributed by atoms with Crippen LogP contribution < -0.4 is 5.32 Å².